The lowest BCUT2D eigenvalue weighted by atomic mass is 10.2. The molecule has 170 valence electrons. The van der Waals surface area contributed by atoms with Crippen LogP contribution >= 0.6 is 0 Å². The second-order valence-electron chi connectivity index (χ2n) is 7.26. The van der Waals surface area contributed by atoms with E-state index in [1.54, 1.807) is 14.2 Å². The van der Waals surface area contributed by atoms with E-state index in [1.807, 2.05) is 25.1 Å². The van der Waals surface area contributed by atoms with Crippen molar-refractivity contribution >= 4 is 11.6 Å². The molecule has 0 radical (unpaired) electrons. The van der Waals surface area contributed by atoms with E-state index in [4.69, 9.17) is 9.47 Å². The fourth-order valence-corrected chi connectivity index (χ4v) is 3.32. The molecule has 1 heterocycles. The van der Waals surface area contributed by atoms with Gasteiger partial charge >= 0.3 is 6.18 Å². The number of anilines is 1. The predicted octanol–water partition coefficient (Wildman–Crippen LogP) is 2.33. The van der Waals surface area contributed by atoms with Crippen LogP contribution in [0.15, 0.2) is 23.2 Å². The van der Waals surface area contributed by atoms with Crippen LogP contribution < -0.4 is 25.0 Å². The fraction of sp³-hybridized carbons (Fsp3) is 0.650. The molecule has 2 rings (SSSR count). The Labute approximate surface area is 176 Å². The van der Waals surface area contributed by atoms with Gasteiger partial charge in [-0.3, -0.25) is 9.89 Å². The van der Waals surface area contributed by atoms with Gasteiger partial charge < -0.3 is 25.0 Å². The third-order valence-electron chi connectivity index (χ3n) is 4.78. The van der Waals surface area contributed by atoms with E-state index in [0.29, 0.717) is 12.5 Å². The molecule has 1 atom stereocenters. The molecule has 0 bridgehead atoms. The van der Waals surface area contributed by atoms with Crippen molar-refractivity contribution in [1.29, 1.82) is 0 Å². The summed E-state index contributed by atoms with van der Waals surface area (Å²) in [5.74, 6) is 2.09. The third kappa shape index (κ3) is 7.81. The van der Waals surface area contributed by atoms with Gasteiger partial charge in [-0.25, -0.2) is 0 Å². The van der Waals surface area contributed by atoms with Gasteiger partial charge in [0, 0.05) is 56.1 Å². The molecular weight excluding hydrogens is 399 g/mol. The Bertz CT molecular complexity index is 677. The molecule has 1 saturated heterocycles. The van der Waals surface area contributed by atoms with Crippen LogP contribution in [-0.4, -0.2) is 83.6 Å². The highest BCUT2D eigenvalue weighted by Gasteiger charge is 2.29. The fourth-order valence-electron chi connectivity index (χ4n) is 3.32. The van der Waals surface area contributed by atoms with Crippen molar-refractivity contribution in [3.63, 3.8) is 0 Å². The molecule has 0 aromatic heterocycles. The standard InChI is InChI=1S/C20H32F3N5O2/c1-5-24-19(25-7-9-27(2)14-20(21,22)23)26-15-6-8-28(13-15)16-10-17(29-3)12-18(11-16)30-4/h10-12,15H,5-9,13-14H2,1-4H3,(H2,24,25,26). The highest BCUT2D eigenvalue weighted by molar-refractivity contribution is 5.80. The highest BCUT2D eigenvalue weighted by atomic mass is 19.4. The largest absolute Gasteiger partial charge is 0.497 e. The Kier molecular flexibility index (Phi) is 8.88. The second kappa shape index (κ2) is 11.1. The molecule has 0 spiro atoms. The Morgan fingerprint density at radius 1 is 1.23 bits per heavy atom. The lowest BCUT2D eigenvalue weighted by molar-refractivity contribution is -0.142. The normalized spacial score (nSPS) is 17.4. The van der Waals surface area contributed by atoms with Crippen molar-refractivity contribution in [2.75, 3.05) is 65.4 Å². The highest BCUT2D eigenvalue weighted by Crippen LogP contribution is 2.30. The van der Waals surface area contributed by atoms with Crippen LogP contribution in [0.3, 0.4) is 0 Å². The summed E-state index contributed by atoms with van der Waals surface area (Å²) in [7, 11) is 4.69. The number of aliphatic imine (C=N–C) groups is 1. The molecule has 1 fully saturated rings. The van der Waals surface area contributed by atoms with E-state index in [9.17, 15) is 13.2 Å². The number of methoxy groups -OCH3 is 2. The molecule has 2 N–H and O–H groups in total. The summed E-state index contributed by atoms with van der Waals surface area (Å²) in [6.45, 7) is 3.84. The topological polar surface area (TPSA) is 61.4 Å². The van der Waals surface area contributed by atoms with Crippen LogP contribution in [-0.2, 0) is 0 Å². The molecule has 0 amide bonds. The number of nitrogens with zero attached hydrogens (tertiary/aromatic N) is 3. The molecule has 10 heteroatoms. The molecule has 0 aliphatic carbocycles. The number of rotatable bonds is 9. The van der Waals surface area contributed by atoms with E-state index in [0.717, 1.165) is 36.7 Å². The van der Waals surface area contributed by atoms with Gasteiger partial charge in [-0.2, -0.15) is 13.2 Å². The summed E-state index contributed by atoms with van der Waals surface area (Å²) in [4.78, 5) is 7.89. The quantitative estimate of drug-likeness (QED) is 0.462. The molecule has 1 unspecified atom stereocenters. The lowest BCUT2D eigenvalue weighted by Crippen LogP contribution is -2.45. The first kappa shape index (κ1) is 23.9. The maximum atomic E-state index is 12.4. The third-order valence-corrected chi connectivity index (χ3v) is 4.78. The van der Waals surface area contributed by atoms with Gasteiger partial charge in [0.1, 0.15) is 11.5 Å². The van der Waals surface area contributed by atoms with E-state index in [1.165, 1.54) is 11.9 Å². The number of ether oxygens (including phenoxy) is 2. The summed E-state index contributed by atoms with van der Waals surface area (Å²) in [5, 5.41) is 6.55. The van der Waals surface area contributed by atoms with Gasteiger partial charge in [-0.15, -0.1) is 0 Å². The number of alkyl halides is 3. The Balaban J connectivity index is 1.92. The zero-order chi connectivity index (χ0) is 22.1. The zero-order valence-corrected chi connectivity index (χ0v) is 18.1. The maximum absolute atomic E-state index is 12.4. The minimum absolute atomic E-state index is 0.174. The summed E-state index contributed by atoms with van der Waals surface area (Å²) in [5.41, 5.74) is 1.02. The summed E-state index contributed by atoms with van der Waals surface area (Å²) in [6.07, 6.45) is -3.28. The van der Waals surface area contributed by atoms with Crippen LogP contribution in [0, 0.1) is 0 Å². The number of hydrogen-bond acceptors (Lipinski definition) is 5. The van der Waals surface area contributed by atoms with Crippen LogP contribution in [0.5, 0.6) is 11.5 Å². The Morgan fingerprint density at radius 3 is 2.47 bits per heavy atom. The van der Waals surface area contributed by atoms with Gasteiger partial charge in [0.25, 0.3) is 0 Å². The smallest absolute Gasteiger partial charge is 0.401 e. The monoisotopic (exact) mass is 431 g/mol. The minimum Gasteiger partial charge on any atom is -0.497 e. The number of halogens is 3. The first-order valence-corrected chi connectivity index (χ1v) is 10.0. The Hall–Kier alpha value is -2.36. The first-order valence-electron chi connectivity index (χ1n) is 10.0. The van der Waals surface area contributed by atoms with Gasteiger partial charge in [0.05, 0.1) is 27.3 Å². The van der Waals surface area contributed by atoms with E-state index in [-0.39, 0.29) is 19.1 Å². The molecule has 7 nitrogen and oxygen atoms in total. The summed E-state index contributed by atoms with van der Waals surface area (Å²) >= 11 is 0. The molecular formula is C20H32F3N5O2. The summed E-state index contributed by atoms with van der Waals surface area (Å²) in [6, 6.07) is 5.95. The van der Waals surface area contributed by atoms with Crippen molar-refractivity contribution in [1.82, 2.24) is 15.5 Å². The van der Waals surface area contributed by atoms with Crippen LogP contribution in [0.1, 0.15) is 13.3 Å². The average molecular weight is 432 g/mol. The van der Waals surface area contributed by atoms with Crippen LogP contribution in [0.25, 0.3) is 0 Å². The molecule has 1 aliphatic rings. The van der Waals surface area contributed by atoms with Crippen molar-refractivity contribution in [2.45, 2.75) is 25.6 Å². The van der Waals surface area contributed by atoms with Gasteiger partial charge in [0.2, 0.25) is 0 Å². The number of benzene rings is 1. The number of likely N-dealkylation sites (N-methyl/N-ethyl adjacent to an activating group) is 1. The molecule has 1 aliphatic heterocycles. The summed E-state index contributed by atoms with van der Waals surface area (Å²) < 4.78 is 48.0. The van der Waals surface area contributed by atoms with Crippen LogP contribution in [0.4, 0.5) is 18.9 Å². The molecule has 0 saturated carbocycles. The Morgan fingerprint density at radius 2 is 1.90 bits per heavy atom. The zero-order valence-electron chi connectivity index (χ0n) is 18.1. The second-order valence-corrected chi connectivity index (χ2v) is 7.26. The molecule has 1 aromatic carbocycles. The molecule has 30 heavy (non-hydrogen) atoms. The van der Waals surface area contributed by atoms with E-state index in [2.05, 4.69) is 20.5 Å². The predicted molar refractivity (Wildman–Crippen MR) is 113 cm³/mol. The van der Waals surface area contributed by atoms with E-state index < -0.39 is 12.7 Å². The van der Waals surface area contributed by atoms with Crippen molar-refractivity contribution in [3.05, 3.63) is 18.2 Å². The number of guanidine groups is 1. The van der Waals surface area contributed by atoms with Crippen molar-refractivity contribution in [3.8, 4) is 11.5 Å². The van der Waals surface area contributed by atoms with E-state index >= 15 is 0 Å². The van der Waals surface area contributed by atoms with Gasteiger partial charge in [-0.05, 0) is 20.4 Å². The van der Waals surface area contributed by atoms with Crippen molar-refractivity contribution < 1.29 is 22.6 Å². The van der Waals surface area contributed by atoms with Gasteiger partial charge in [-0.1, -0.05) is 0 Å². The molecule has 1 aromatic rings. The lowest BCUT2D eigenvalue weighted by Gasteiger charge is -2.22. The average Bonchev–Trinajstić information content (AvgIpc) is 3.14. The maximum Gasteiger partial charge on any atom is 0.401 e. The first-order chi connectivity index (χ1) is 14.2. The number of hydrogen-bond donors (Lipinski definition) is 2. The van der Waals surface area contributed by atoms with Gasteiger partial charge in [0.15, 0.2) is 5.96 Å². The van der Waals surface area contributed by atoms with Crippen LogP contribution in [0.2, 0.25) is 0 Å². The number of nitrogens with one attached hydrogen (secondary N) is 2. The van der Waals surface area contributed by atoms with Crippen molar-refractivity contribution in [2.24, 2.45) is 4.99 Å². The minimum atomic E-state index is -4.20. The SMILES string of the molecule is CCNC(=NCCN(C)CC(F)(F)F)NC1CCN(c2cc(OC)cc(OC)c2)C1.